The van der Waals surface area contributed by atoms with Gasteiger partial charge in [-0.05, 0) is 63.5 Å². The molecule has 44 heavy (non-hydrogen) atoms. The van der Waals surface area contributed by atoms with Gasteiger partial charge in [-0.3, -0.25) is 0 Å². The van der Waals surface area contributed by atoms with E-state index < -0.39 is 7.12 Å². The zero-order valence-electron chi connectivity index (χ0n) is 25.3. The molecule has 0 amide bonds. The minimum absolute atomic E-state index is 0.389. The van der Waals surface area contributed by atoms with Crippen molar-refractivity contribution >= 4 is 45.3 Å². The van der Waals surface area contributed by atoms with Crippen LogP contribution >= 0.6 is 0 Å². The van der Waals surface area contributed by atoms with Gasteiger partial charge in [0.25, 0.3) is 0 Å². The van der Waals surface area contributed by atoms with Gasteiger partial charge in [0.1, 0.15) is 0 Å². The molecule has 214 valence electrons. The summed E-state index contributed by atoms with van der Waals surface area (Å²) in [7, 11) is -0.412. The van der Waals surface area contributed by atoms with E-state index in [1.54, 1.807) is 0 Å². The second kappa shape index (κ2) is 9.88. The highest BCUT2D eigenvalue weighted by atomic mass is 16.7. The van der Waals surface area contributed by atoms with Crippen molar-refractivity contribution < 1.29 is 9.31 Å². The first-order valence-corrected chi connectivity index (χ1v) is 15.1. The average molecular weight is 574 g/mol. The molecule has 5 aromatic carbocycles. The molecular weight excluding hydrogens is 541 g/mol. The standard InChI is InChI=1S/C38H32BN3O2/c1-37(2)38(3,4)44-39(43-37)27-21-18-25(19-22-27)36-40-32-16-10-8-15-31(32)35(41-36)26-20-23-30-29-14-9-11-17-33(29)42(34(30)24-26)28-12-6-5-7-13-28/h5-24H,1-4H3. The third kappa shape index (κ3) is 4.25. The molecule has 1 aliphatic heterocycles. The Hall–Kier alpha value is -4.78. The fourth-order valence-corrected chi connectivity index (χ4v) is 6.17. The summed E-state index contributed by atoms with van der Waals surface area (Å²) in [4.78, 5) is 10.2. The Bertz CT molecular complexity index is 2170. The van der Waals surface area contributed by atoms with Crippen molar-refractivity contribution in [2.45, 2.75) is 38.9 Å². The molecule has 3 heterocycles. The number of aromatic nitrogens is 3. The Balaban J connectivity index is 1.26. The van der Waals surface area contributed by atoms with Crippen LogP contribution in [0.1, 0.15) is 27.7 Å². The van der Waals surface area contributed by atoms with Gasteiger partial charge in [0, 0.05) is 33.0 Å². The molecule has 0 radical (unpaired) electrons. The largest absolute Gasteiger partial charge is 0.494 e. The van der Waals surface area contributed by atoms with Crippen LogP contribution in [0.25, 0.3) is 61.0 Å². The lowest BCUT2D eigenvalue weighted by Gasteiger charge is -2.32. The SMILES string of the molecule is CC1(C)OB(c2ccc(-c3nc(-c4ccc5c6ccccc6n(-c6ccccc6)c5c4)c4ccccc4n3)cc2)OC1(C)C. The fourth-order valence-electron chi connectivity index (χ4n) is 6.17. The van der Waals surface area contributed by atoms with Crippen LogP contribution in [0.2, 0.25) is 0 Å². The minimum Gasteiger partial charge on any atom is -0.399 e. The van der Waals surface area contributed by atoms with Gasteiger partial charge in [0.05, 0.1) is 33.4 Å². The zero-order valence-corrected chi connectivity index (χ0v) is 25.3. The summed E-state index contributed by atoms with van der Waals surface area (Å²) in [6, 6.07) is 42.3. The highest BCUT2D eigenvalue weighted by molar-refractivity contribution is 6.62. The van der Waals surface area contributed by atoms with Gasteiger partial charge in [-0.15, -0.1) is 0 Å². The summed E-state index contributed by atoms with van der Waals surface area (Å²) < 4.78 is 14.9. The molecular formula is C38H32BN3O2. The van der Waals surface area contributed by atoms with E-state index in [9.17, 15) is 0 Å². The molecule has 6 heteroatoms. The van der Waals surface area contributed by atoms with Gasteiger partial charge in [-0.2, -0.15) is 0 Å². The lowest BCUT2D eigenvalue weighted by Crippen LogP contribution is -2.41. The van der Waals surface area contributed by atoms with Crippen molar-refractivity contribution in [3.05, 3.63) is 121 Å². The lowest BCUT2D eigenvalue weighted by molar-refractivity contribution is 0.00578. The van der Waals surface area contributed by atoms with Crippen LogP contribution in [-0.4, -0.2) is 32.9 Å². The lowest BCUT2D eigenvalue weighted by atomic mass is 9.79. The summed E-state index contributed by atoms with van der Waals surface area (Å²) >= 11 is 0. The fraction of sp³-hybridized carbons (Fsp3) is 0.158. The normalized spacial score (nSPS) is 15.9. The number of hydrogen-bond donors (Lipinski definition) is 0. The van der Waals surface area contributed by atoms with Crippen LogP contribution in [0.3, 0.4) is 0 Å². The summed E-state index contributed by atoms with van der Waals surface area (Å²) in [6.07, 6.45) is 0. The van der Waals surface area contributed by atoms with Gasteiger partial charge in [-0.1, -0.05) is 91.0 Å². The van der Waals surface area contributed by atoms with Crippen LogP contribution in [-0.2, 0) is 9.31 Å². The molecule has 0 spiro atoms. The number of para-hydroxylation sites is 3. The van der Waals surface area contributed by atoms with E-state index in [1.165, 1.54) is 16.3 Å². The molecule has 1 saturated heterocycles. The molecule has 0 saturated carbocycles. The first-order chi connectivity index (χ1) is 21.3. The van der Waals surface area contributed by atoms with Gasteiger partial charge in [0.15, 0.2) is 5.82 Å². The topological polar surface area (TPSA) is 49.2 Å². The summed E-state index contributed by atoms with van der Waals surface area (Å²) in [6.45, 7) is 8.29. The number of nitrogens with zero attached hydrogens (tertiary/aromatic N) is 3. The van der Waals surface area contributed by atoms with Crippen molar-refractivity contribution in [2.24, 2.45) is 0 Å². The van der Waals surface area contributed by atoms with Crippen LogP contribution in [0.15, 0.2) is 121 Å². The van der Waals surface area contributed by atoms with Crippen LogP contribution < -0.4 is 5.46 Å². The quantitative estimate of drug-likeness (QED) is 0.199. The van der Waals surface area contributed by atoms with Crippen LogP contribution in [0.4, 0.5) is 0 Å². The Morgan fingerprint density at radius 2 is 1.18 bits per heavy atom. The zero-order chi connectivity index (χ0) is 30.1. The van der Waals surface area contributed by atoms with E-state index in [4.69, 9.17) is 19.3 Å². The van der Waals surface area contributed by atoms with Crippen LogP contribution in [0.5, 0.6) is 0 Å². The monoisotopic (exact) mass is 573 g/mol. The predicted molar refractivity (Wildman–Crippen MR) is 180 cm³/mol. The van der Waals surface area contributed by atoms with Crippen LogP contribution in [0, 0.1) is 0 Å². The van der Waals surface area contributed by atoms with Gasteiger partial charge in [0.2, 0.25) is 0 Å². The first kappa shape index (κ1) is 26.8. The van der Waals surface area contributed by atoms with E-state index in [0.717, 1.165) is 44.4 Å². The summed E-state index contributed by atoms with van der Waals surface area (Å²) in [5, 5.41) is 3.46. The minimum atomic E-state index is -0.412. The summed E-state index contributed by atoms with van der Waals surface area (Å²) in [5.41, 5.74) is 7.47. The molecule has 0 atom stereocenters. The van der Waals surface area contributed by atoms with E-state index >= 15 is 0 Å². The molecule has 5 nitrogen and oxygen atoms in total. The number of fused-ring (bicyclic) bond motifs is 4. The van der Waals surface area contributed by atoms with Gasteiger partial charge >= 0.3 is 7.12 Å². The Labute approximate surface area is 257 Å². The molecule has 1 aliphatic rings. The van der Waals surface area contributed by atoms with Gasteiger partial charge < -0.3 is 13.9 Å². The Morgan fingerprint density at radius 1 is 0.568 bits per heavy atom. The molecule has 1 fully saturated rings. The van der Waals surface area contributed by atoms with E-state index in [0.29, 0.717) is 5.82 Å². The molecule has 0 N–H and O–H groups in total. The molecule has 0 bridgehead atoms. The highest BCUT2D eigenvalue weighted by Gasteiger charge is 2.51. The number of hydrogen-bond acceptors (Lipinski definition) is 4. The molecule has 0 aliphatic carbocycles. The summed E-state index contributed by atoms with van der Waals surface area (Å²) in [5.74, 6) is 0.683. The third-order valence-corrected chi connectivity index (χ3v) is 9.26. The molecule has 8 rings (SSSR count). The van der Waals surface area contributed by atoms with E-state index in [1.807, 2.05) is 12.1 Å². The van der Waals surface area contributed by atoms with Crippen molar-refractivity contribution in [1.82, 2.24) is 14.5 Å². The Morgan fingerprint density at radius 3 is 1.93 bits per heavy atom. The number of rotatable bonds is 4. The molecule has 0 unspecified atom stereocenters. The second-order valence-corrected chi connectivity index (χ2v) is 12.5. The predicted octanol–water partition coefficient (Wildman–Crippen LogP) is 8.36. The van der Waals surface area contributed by atoms with Gasteiger partial charge in [-0.25, -0.2) is 9.97 Å². The molecule has 2 aromatic heterocycles. The maximum atomic E-state index is 6.27. The van der Waals surface area contributed by atoms with Crippen molar-refractivity contribution in [2.75, 3.05) is 0 Å². The first-order valence-electron chi connectivity index (χ1n) is 15.1. The highest BCUT2D eigenvalue weighted by Crippen LogP contribution is 2.38. The molecule has 7 aromatic rings. The van der Waals surface area contributed by atoms with Crippen molar-refractivity contribution in [3.8, 4) is 28.3 Å². The van der Waals surface area contributed by atoms with E-state index in [-0.39, 0.29) is 11.2 Å². The van der Waals surface area contributed by atoms with Crippen molar-refractivity contribution in [3.63, 3.8) is 0 Å². The smallest absolute Gasteiger partial charge is 0.399 e. The van der Waals surface area contributed by atoms with E-state index in [2.05, 4.69) is 141 Å². The second-order valence-electron chi connectivity index (χ2n) is 12.5. The maximum absolute atomic E-state index is 6.27. The Kier molecular flexibility index (Phi) is 6.02. The number of benzene rings is 5. The van der Waals surface area contributed by atoms with Crippen molar-refractivity contribution in [1.29, 1.82) is 0 Å². The third-order valence-electron chi connectivity index (χ3n) is 9.26. The maximum Gasteiger partial charge on any atom is 0.494 e. The average Bonchev–Trinajstić information content (AvgIpc) is 3.49.